The fourth-order valence-corrected chi connectivity index (χ4v) is 1.02. The molecule has 70 valence electrons. The Labute approximate surface area is 76.0 Å². The van der Waals surface area contributed by atoms with Crippen molar-refractivity contribution in [2.24, 2.45) is 4.40 Å². The van der Waals surface area contributed by atoms with Crippen molar-refractivity contribution in [2.45, 2.75) is 0 Å². The average Bonchev–Trinajstić information content (AvgIpc) is 2.02. The number of benzene rings is 1. The number of nitrogens with zero attached hydrogens (tertiary/aromatic N) is 1. The Morgan fingerprint density at radius 3 is 2.31 bits per heavy atom. The molecule has 1 aromatic rings. The maximum Gasteiger partial charge on any atom is 0.250 e. The molecule has 13 heavy (non-hydrogen) atoms. The Balaban J connectivity index is 2.88. The lowest BCUT2D eigenvalue weighted by molar-refractivity contribution is 0.604. The van der Waals surface area contributed by atoms with Crippen LogP contribution in [0.1, 0.15) is 5.56 Å². The average molecular weight is 201 g/mol. The lowest BCUT2D eigenvalue weighted by atomic mass is 10.2. The van der Waals surface area contributed by atoms with Crippen LogP contribution in [0.25, 0.3) is 0 Å². The predicted molar refractivity (Wildman–Crippen MR) is 48.8 cm³/mol. The molecule has 0 aliphatic heterocycles. The van der Waals surface area contributed by atoms with Gasteiger partial charge in [0.1, 0.15) is 5.82 Å². The van der Waals surface area contributed by atoms with E-state index in [2.05, 4.69) is 4.40 Å². The first-order valence-corrected chi connectivity index (χ1v) is 5.33. The summed E-state index contributed by atoms with van der Waals surface area (Å²) >= 11 is 0. The highest BCUT2D eigenvalue weighted by Gasteiger charge is 1.94. The van der Waals surface area contributed by atoms with Crippen molar-refractivity contribution in [2.75, 3.05) is 6.26 Å². The summed E-state index contributed by atoms with van der Waals surface area (Å²) in [6, 6.07) is 5.38. The molecule has 0 fully saturated rings. The van der Waals surface area contributed by atoms with E-state index in [0.29, 0.717) is 5.56 Å². The molecule has 0 saturated carbocycles. The zero-order valence-electron chi connectivity index (χ0n) is 6.94. The molecule has 3 nitrogen and oxygen atoms in total. The van der Waals surface area contributed by atoms with E-state index in [1.807, 2.05) is 0 Å². The molecule has 0 atom stereocenters. The first-order chi connectivity index (χ1) is 5.97. The van der Waals surface area contributed by atoms with Crippen LogP contribution < -0.4 is 0 Å². The van der Waals surface area contributed by atoms with Crippen LogP contribution in [-0.4, -0.2) is 20.9 Å². The molecule has 1 rings (SSSR count). The molecule has 1 aromatic carbocycles. The van der Waals surface area contributed by atoms with Gasteiger partial charge in [-0.2, -0.15) is 4.40 Å². The second-order valence-electron chi connectivity index (χ2n) is 2.52. The van der Waals surface area contributed by atoms with Gasteiger partial charge in [0.2, 0.25) is 10.0 Å². The van der Waals surface area contributed by atoms with Crippen molar-refractivity contribution in [1.82, 2.24) is 0 Å². The van der Waals surface area contributed by atoms with Crippen LogP contribution in [0.15, 0.2) is 28.7 Å². The Bertz CT molecular complexity index is 408. The Morgan fingerprint density at radius 1 is 1.31 bits per heavy atom. The maximum atomic E-state index is 12.4. The van der Waals surface area contributed by atoms with Gasteiger partial charge in [0, 0.05) is 6.21 Å². The molecule has 0 saturated heterocycles. The van der Waals surface area contributed by atoms with Crippen LogP contribution in [-0.2, 0) is 10.0 Å². The van der Waals surface area contributed by atoms with Crippen molar-refractivity contribution >= 4 is 16.2 Å². The van der Waals surface area contributed by atoms with Gasteiger partial charge in [0.25, 0.3) is 0 Å². The van der Waals surface area contributed by atoms with Gasteiger partial charge in [-0.25, -0.2) is 12.8 Å². The van der Waals surface area contributed by atoms with E-state index in [1.165, 1.54) is 30.5 Å². The van der Waals surface area contributed by atoms with E-state index in [0.717, 1.165) is 6.26 Å². The summed E-state index contributed by atoms with van der Waals surface area (Å²) in [5.41, 5.74) is 0.548. The molecule has 0 N–H and O–H groups in total. The molecule has 5 heteroatoms. The van der Waals surface area contributed by atoms with Gasteiger partial charge < -0.3 is 0 Å². The van der Waals surface area contributed by atoms with Crippen molar-refractivity contribution in [3.8, 4) is 0 Å². The summed E-state index contributed by atoms with van der Waals surface area (Å²) in [5, 5.41) is 0. The lowest BCUT2D eigenvalue weighted by Gasteiger charge is -1.91. The van der Waals surface area contributed by atoms with Crippen LogP contribution in [0.2, 0.25) is 0 Å². The van der Waals surface area contributed by atoms with Crippen molar-refractivity contribution in [3.63, 3.8) is 0 Å². The van der Waals surface area contributed by atoms with Gasteiger partial charge in [0.05, 0.1) is 6.26 Å². The molecular weight excluding hydrogens is 193 g/mol. The van der Waals surface area contributed by atoms with Crippen LogP contribution >= 0.6 is 0 Å². The van der Waals surface area contributed by atoms with Crippen molar-refractivity contribution in [3.05, 3.63) is 35.6 Å². The minimum atomic E-state index is -3.36. The first-order valence-electron chi connectivity index (χ1n) is 3.48. The van der Waals surface area contributed by atoms with E-state index < -0.39 is 10.0 Å². The monoisotopic (exact) mass is 201 g/mol. The summed E-state index contributed by atoms with van der Waals surface area (Å²) in [5.74, 6) is -0.364. The predicted octanol–water partition coefficient (Wildman–Crippen LogP) is 1.20. The van der Waals surface area contributed by atoms with Crippen LogP contribution in [0.3, 0.4) is 0 Å². The first kappa shape index (κ1) is 9.85. The van der Waals surface area contributed by atoms with Crippen molar-refractivity contribution in [1.29, 1.82) is 0 Å². The number of halogens is 1. The third-order valence-corrected chi connectivity index (χ3v) is 1.75. The zero-order valence-corrected chi connectivity index (χ0v) is 7.75. The largest absolute Gasteiger partial charge is 0.250 e. The van der Waals surface area contributed by atoms with E-state index in [4.69, 9.17) is 0 Å². The number of sulfonamides is 1. The highest BCUT2D eigenvalue weighted by Crippen LogP contribution is 2.00. The smallest absolute Gasteiger partial charge is 0.207 e. The summed E-state index contributed by atoms with van der Waals surface area (Å²) < 4.78 is 36.9. The number of hydrogen-bond donors (Lipinski definition) is 0. The Kier molecular flexibility index (Phi) is 2.77. The fourth-order valence-electron chi connectivity index (χ4n) is 0.705. The van der Waals surface area contributed by atoms with E-state index in [1.54, 1.807) is 0 Å². The second-order valence-corrected chi connectivity index (χ2v) is 4.20. The Hall–Kier alpha value is -1.23. The lowest BCUT2D eigenvalue weighted by Crippen LogP contribution is -1.91. The van der Waals surface area contributed by atoms with Gasteiger partial charge in [-0.3, -0.25) is 0 Å². The van der Waals surface area contributed by atoms with E-state index in [-0.39, 0.29) is 5.82 Å². The SMILES string of the molecule is CS(=O)(=O)N=Cc1ccc(F)cc1. The maximum absolute atomic E-state index is 12.4. The minimum absolute atomic E-state index is 0.364. The summed E-state index contributed by atoms with van der Waals surface area (Å²) in [6.45, 7) is 0. The van der Waals surface area contributed by atoms with Gasteiger partial charge in [-0.15, -0.1) is 0 Å². The molecule has 0 heterocycles. The second kappa shape index (κ2) is 3.66. The highest BCUT2D eigenvalue weighted by molar-refractivity contribution is 7.89. The van der Waals surface area contributed by atoms with E-state index in [9.17, 15) is 12.8 Å². The minimum Gasteiger partial charge on any atom is -0.207 e. The third kappa shape index (κ3) is 3.80. The quantitative estimate of drug-likeness (QED) is 0.675. The van der Waals surface area contributed by atoms with Gasteiger partial charge in [-0.1, -0.05) is 12.1 Å². The molecule has 0 radical (unpaired) electrons. The summed E-state index contributed by atoms with van der Waals surface area (Å²) in [4.78, 5) is 0. The van der Waals surface area contributed by atoms with Crippen LogP contribution in [0, 0.1) is 5.82 Å². The third-order valence-electron chi connectivity index (χ3n) is 1.26. The number of hydrogen-bond acceptors (Lipinski definition) is 2. The summed E-state index contributed by atoms with van der Waals surface area (Å²) in [7, 11) is -3.36. The molecule has 0 aliphatic rings. The molecule has 0 aromatic heterocycles. The molecule has 0 unspecified atom stereocenters. The molecule has 0 spiro atoms. The molecule has 0 aliphatic carbocycles. The van der Waals surface area contributed by atoms with Gasteiger partial charge in [0.15, 0.2) is 0 Å². The highest BCUT2D eigenvalue weighted by atomic mass is 32.2. The molecule has 0 amide bonds. The number of rotatable bonds is 2. The Morgan fingerprint density at radius 2 is 1.85 bits per heavy atom. The topological polar surface area (TPSA) is 46.5 Å². The standard InChI is InChI=1S/C8H8FNO2S/c1-13(11,12)10-6-7-2-4-8(9)5-3-7/h2-6H,1H3. The van der Waals surface area contributed by atoms with Gasteiger partial charge in [-0.05, 0) is 17.7 Å². The van der Waals surface area contributed by atoms with Crippen LogP contribution in [0.5, 0.6) is 0 Å². The van der Waals surface area contributed by atoms with Crippen molar-refractivity contribution < 1.29 is 12.8 Å². The molecule has 0 bridgehead atoms. The van der Waals surface area contributed by atoms with Gasteiger partial charge >= 0.3 is 0 Å². The fraction of sp³-hybridized carbons (Fsp3) is 0.125. The normalized spacial score (nSPS) is 12.2. The van der Waals surface area contributed by atoms with Crippen LogP contribution in [0.4, 0.5) is 4.39 Å². The summed E-state index contributed by atoms with van der Waals surface area (Å²) in [6.07, 6.45) is 2.17. The van der Waals surface area contributed by atoms with E-state index >= 15 is 0 Å². The zero-order chi connectivity index (χ0) is 9.90. The molecular formula is C8H8FNO2S.